The van der Waals surface area contributed by atoms with Gasteiger partial charge in [-0.15, -0.1) is 9.24 Å². The third kappa shape index (κ3) is 241. The predicted octanol–water partition coefficient (Wildman–Crippen LogP) is 10.1. The minimum Gasteiger partial charge on any atom is -0.183 e. The van der Waals surface area contributed by atoms with Crippen molar-refractivity contribution in [2.75, 3.05) is 12.9 Å². The predicted molar refractivity (Wildman–Crippen MR) is 336 cm³/mol. The minimum absolute atomic E-state index is 0. The van der Waals surface area contributed by atoms with Gasteiger partial charge < -0.3 is 0 Å². The van der Waals surface area contributed by atoms with Crippen molar-refractivity contribution in [3.05, 3.63) is 0 Å². The molecule has 5 heterocycles. The largest absolute Gasteiger partial charge is 0.189 e. The Balaban J connectivity index is -0.00000000970. The first-order valence-corrected chi connectivity index (χ1v) is 23.5. The first-order valence-electron chi connectivity index (χ1n) is 22.5. The molecule has 5 aromatic rings. The van der Waals surface area contributed by atoms with E-state index in [4.69, 9.17) is 1.37 Å². The molecule has 5 rings (SSSR count). The molecule has 0 aliphatic heterocycles. The molecular weight excluding hydrogens is 2150 g/mol. The van der Waals surface area contributed by atoms with E-state index in [1.165, 1.54) is 55.4 Å². The van der Waals surface area contributed by atoms with Crippen LogP contribution in [0.5, 0.6) is 0 Å². The van der Waals surface area contributed by atoms with Gasteiger partial charge in [-0.25, -0.2) is 0 Å². The maximum Gasteiger partial charge on any atom is 0.189 e. The maximum atomic E-state index is 5.75. The summed E-state index contributed by atoms with van der Waals surface area (Å²) >= 11 is 3.53. The van der Waals surface area contributed by atoms with Crippen LogP contribution in [0.25, 0.3) is 0 Å². The van der Waals surface area contributed by atoms with Crippen molar-refractivity contribution in [1.82, 2.24) is 102 Å². The van der Waals surface area contributed by atoms with Crippen molar-refractivity contribution in [2.24, 2.45) is 70.5 Å². The molecule has 0 saturated carbocycles. The van der Waals surface area contributed by atoms with Crippen molar-refractivity contribution >= 4 is 21.9 Å². The average molecular weight is 2300 g/mol. The van der Waals surface area contributed by atoms with Crippen molar-refractivity contribution in [2.45, 2.75) is 241 Å². The second-order valence-electron chi connectivity index (χ2n) is 6.24. The molecule has 0 fully saturated rings. The zero-order valence-corrected chi connectivity index (χ0v) is 79.7. The van der Waals surface area contributed by atoms with Gasteiger partial charge in [-0.2, -0.15) is 12.6 Å². The van der Waals surface area contributed by atoms with E-state index in [0.717, 1.165) is 0 Å². The third-order valence-corrected chi connectivity index (χ3v) is 2.79. The molecular formula is C46H153N25PSW4Y5+5. The van der Waals surface area contributed by atoms with Gasteiger partial charge in [0.1, 0.15) is 96.5 Å². The Morgan fingerprint density at radius 2 is 0.317 bits per heavy atom. The summed E-state index contributed by atoms with van der Waals surface area (Å²) in [6, 6.07) is 0. The molecule has 0 aliphatic carbocycles. The maximum absolute atomic E-state index is 5.75. The van der Waals surface area contributed by atoms with Gasteiger partial charge in [-0.1, -0.05) is 248 Å². The van der Waals surface area contributed by atoms with Crippen LogP contribution in [0.1, 0.15) is 243 Å². The van der Waals surface area contributed by atoms with Crippen LogP contribution < -0.4 is 24.0 Å². The summed E-state index contributed by atoms with van der Waals surface area (Å²) in [6.07, 6.45) is 1.69. The Bertz CT molecular complexity index is 1020. The van der Waals surface area contributed by atoms with Gasteiger partial charge in [0.15, 0.2) is 26.1 Å². The Hall–Kier alpha value is 4.05. The quantitative estimate of drug-likeness (QED) is 0.0862. The smallest absolute Gasteiger partial charge is 0.183 e. The van der Waals surface area contributed by atoms with Gasteiger partial charge in [-0.05, 0) is 30.2 Å². The molecule has 0 bridgehead atoms. The van der Waals surface area contributed by atoms with E-state index >= 15 is 0 Å². The van der Waals surface area contributed by atoms with Crippen molar-refractivity contribution < 1.29 is 273 Å². The van der Waals surface area contributed by atoms with Gasteiger partial charge in [0, 0.05) is 273 Å². The van der Waals surface area contributed by atoms with Gasteiger partial charge in [0.05, 0.1) is 26.1 Å². The number of nitrogens with zero attached hydrogens (tertiary/aromatic N) is 25. The zero-order valence-electron chi connectivity index (χ0n) is 52.7. The fourth-order valence-corrected chi connectivity index (χ4v) is 1.69. The van der Waals surface area contributed by atoms with Crippen LogP contribution in [0, 0.1) is 0 Å². The zero-order chi connectivity index (χ0) is 54.4. The van der Waals surface area contributed by atoms with Crippen LogP contribution in [0.2, 0.25) is 0 Å². The second-order valence-corrected chi connectivity index (χ2v) is 6.24. The fraction of sp³-hybridized carbons (Fsp3) is 1.00. The summed E-state index contributed by atoms with van der Waals surface area (Å²) in [6.45, 7) is 45.9. The van der Waals surface area contributed by atoms with Gasteiger partial charge in [0.25, 0.3) is 0 Å². The molecule has 1 unspecified atom stereocenters. The number of hydrogen-bond acceptors (Lipinski definition) is 16. The molecule has 5 aromatic heterocycles. The molecule has 0 aliphatic rings. The SMILES string of the molecule is C.C.C.C.C.C.C.C.C.C.C.CC.CC.CC.CC.CC.CC.CC.CC.CC.CC.CC.CP.CS.Cn1nn[n+](C)n1.Cn1nn[n+](C)n1.Cn1nn[n+](C)n1.Cn1nn[n+](C)n1.Cn1nn[n+](C)n1.[3H]C.[W].[W].[W].[W].[Y].[Y].[Y].[Y].[Y]. The van der Waals surface area contributed by atoms with Crippen LogP contribution in [-0.4, -0.2) is 115 Å². The number of aromatic nitrogens is 25. The summed E-state index contributed by atoms with van der Waals surface area (Å²) < 4.78 is 5.75. The first-order chi connectivity index (χ1) is 30.4. The Morgan fingerprint density at radius 1 is 0.256 bits per heavy atom. The Labute approximate surface area is 711 Å². The van der Waals surface area contributed by atoms with Crippen LogP contribution in [0.15, 0.2) is 0 Å². The van der Waals surface area contributed by atoms with Crippen molar-refractivity contribution in [3.63, 3.8) is 0 Å². The fourth-order valence-electron chi connectivity index (χ4n) is 1.69. The summed E-state index contributed by atoms with van der Waals surface area (Å²) in [5.41, 5.74) is 0. The Morgan fingerprint density at radius 3 is 0.329 bits per heavy atom. The number of aryl methyl sites for hydroxylation is 10. The summed E-state index contributed by atoms with van der Waals surface area (Å²) in [5.74, 6) is 0. The molecule has 36 heteroatoms. The molecule has 0 aromatic carbocycles. The Kier molecular flexibility index (Phi) is 674. The molecule has 1 atom stereocenters. The standard InChI is InChI=1S/5C2H6N5.11C2H6.CH5P.CH4S.12CH4.4W.5Y/c5*1-6-3-4-7(2)5-6;13*1-2;;;;;;;;;;;;;;;;;;;;;/h5*1-2H3;11*1-2H3;2H2,1H3;2H,1H3;12*1H4;;;;;;;;;/q5*+1;;;;;;;;;;;;;;;;;;;;;;;;;;;;;;;;;;/i;;;;;;;;;;;;;;;;;;1T;;;;;;;;;;;;;;;;;;;;. The van der Waals surface area contributed by atoms with E-state index in [0.29, 0.717) is 0 Å². The van der Waals surface area contributed by atoms with E-state index in [-0.39, 0.29) is 330 Å². The summed E-state index contributed by atoms with van der Waals surface area (Å²) in [4.78, 5) is 13.9. The van der Waals surface area contributed by atoms with Gasteiger partial charge in [-0.3, -0.25) is 0 Å². The van der Waals surface area contributed by atoms with Crippen LogP contribution in [0.4, 0.5) is 0 Å². The van der Waals surface area contributed by atoms with Crippen molar-refractivity contribution in [3.8, 4) is 0 Å². The van der Waals surface area contributed by atoms with E-state index in [1.807, 2.05) is 159 Å². The van der Waals surface area contributed by atoms with Gasteiger partial charge in [0.2, 0.25) is 0 Å². The molecule has 25 nitrogen and oxygen atoms in total. The molecule has 82 heavy (non-hydrogen) atoms. The molecule has 0 N–H and O–H groups in total. The van der Waals surface area contributed by atoms with E-state index in [9.17, 15) is 0 Å². The minimum atomic E-state index is 0. The van der Waals surface area contributed by atoms with E-state index in [1.54, 1.807) is 76.7 Å². The van der Waals surface area contributed by atoms with E-state index < -0.39 is 0 Å². The second kappa shape index (κ2) is 250. The molecule has 5 radical (unpaired) electrons. The van der Waals surface area contributed by atoms with Crippen LogP contribution in [-0.2, 0) is 318 Å². The monoisotopic (exact) mass is 2300 g/mol. The molecule has 0 spiro atoms. The topological polar surface area (TPSA) is 237 Å². The van der Waals surface area contributed by atoms with Crippen LogP contribution in [0.3, 0.4) is 0 Å². The van der Waals surface area contributed by atoms with Crippen LogP contribution >= 0.6 is 21.9 Å². The molecule has 0 amide bonds. The normalized spacial score (nSPS) is 5.06. The van der Waals surface area contributed by atoms with Crippen molar-refractivity contribution in [1.29, 1.82) is 0 Å². The number of hydrogen-bond donors (Lipinski definition) is 1. The van der Waals surface area contributed by atoms with E-state index in [2.05, 4.69) is 100 Å². The average Bonchev–Trinajstić information content (AvgIpc) is 4.23. The third-order valence-electron chi connectivity index (χ3n) is 2.79. The summed E-state index contributed by atoms with van der Waals surface area (Å²) in [7, 11) is 20.8. The first kappa shape index (κ1) is 221. The summed E-state index contributed by atoms with van der Waals surface area (Å²) in [5, 5.41) is 54.0. The molecule has 0 saturated heterocycles. The van der Waals surface area contributed by atoms with Gasteiger partial charge >= 0.3 is 0 Å². The molecule has 507 valence electrons. The number of rotatable bonds is 0. The number of thiol groups is 1.